The van der Waals surface area contributed by atoms with Crippen LogP contribution in [0.25, 0.3) is 11.1 Å². The number of pyridine rings is 2. The second-order valence-electron chi connectivity index (χ2n) is 4.55. The number of benzene rings is 1. The highest BCUT2D eigenvalue weighted by molar-refractivity contribution is 7.92. The Bertz CT molecular complexity index is 806. The van der Waals surface area contributed by atoms with E-state index >= 15 is 0 Å². The first-order valence-electron chi connectivity index (χ1n) is 6.60. The minimum absolute atomic E-state index is 0.261. The first-order valence-corrected chi connectivity index (χ1v) is 7.75. The Morgan fingerprint density at radius 1 is 1.05 bits per heavy atom. The predicted molar refractivity (Wildman–Crippen MR) is 86.8 cm³/mol. The topological polar surface area (TPSA) is 80.8 Å². The molecule has 5 nitrogen and oxygen atoms in total. The van der Waals surface area contributed by atoms with Crippen LogP contribution in [0.15, 0.2) is 76.8 Å². The van der Waals surface area contributed by atoms with Gasteiger partial charge in [-0.1, -0.05) is 18.2 Å². The number of nitrogens with one attached hydrogen (secondary N) is 2. The fourth-order valence-corrected chi connectivity index (χ4v) is 2.85. The monoisotopic (exact) mass is 311 g/mol. The van der Waals surface area contributed by atoms with E-state index in [4.69, 9.17) is 0 Å². The molecule has 3 aromatic rings. The van der Waals surface area contributed by atoms with E-state index in [1.165, 1.54) is 0 Å². The summed E-state index contributed by atoms with van der Waals surface area (Å²) < 4.78 is 15.0. The summed E-state index contributed by atoms with van der Waals surface area (Å²) in [5, 5.41) is 0. The van der Waals surface area contributed by atoms with Gasteiger partial charge in [-0.05, 0) is 35.9 Å². The predicted octanol–water partition coefficient (Wildman–Crippen LogP) is 2.57. The van der Waals surface area contributed by atoms with Gasteiger partial charge >= 0.3 is 0 Å². The summed E-state index contributed by atoms with van der Waals surface area (Å²) >= 11 is -1.49. The van der Waals surface area contributed by atoms with E-state index in [0.29, 0.717) is 4.90 Å². The van der Waals surface area contributed by atoms with Crippen LogP contribution in [0.2, 0.25) is 0 Å². The van der Waals surface area contributed by atoms with Gasteiger partial charge in [0.25, 0.3) is 5.56 Å². The number of aromatic nitrogens is 2. The molecule has 0 aliphatic heterocycles. The summed E-state index contributed by atoms with van der Waals surface area (Å²) in [6, 6.07) is 14.3. The molecule has 22 heavy (non-hydrogen) atoms. The lowest BCUT2D eigenvalue weighted by Gasteiger charge is -2.11. The van der Waals surface area contributed by atoms with E-state index in [-0.39, 0.29) is 11.2 Å². The van der Waals surface area contributed by atoms with Gasteiger partial charge in [0.15, 0.2) is 4.90 Å². The zero-order chi connectivity index (χ0) is 15.4. The number of rotatable bonds is 4. The maximum atomic E-state index is 12.3. The van der Waals surface area contributed by atoms with E-state index in [9.17, 15) is 9.35 Å². The van der Waals surface area contributed by atoms with E-state index in [0.717, 1.165) is 11.1 Å². The highest BCUT2D eigenvalue weighted by Crippen LogP contribution is 2.20. The molecule has 0 saturated carbocycles. The molecule has 0 spiro atoms. The molecule has 0 bridgehead atoms. The van der Waals surface area contributed by atoms with Gasteiger partial charge in [-0.15, -0.1) is 0 Å². The Kier molecular flexibility index (Phi) is 4.22. The van der Waals surface area contributed by atoms with Crippen LogP contribution in [0.3, 0.4) is 0 Å². The third-order valence-electron chi connectivity index (χ3n) is 3.08. The minimum atomic E-state index is -1.49. The van der Waals surface area contributed by atoms with Crippen molar-refractivity contribution in [2.45, 2.75) is 4.90 Å². The molecule has 2 heterocycles. The zero-order valence-corrected chi connectivity index (χ0v) is 12.3. The normalized spacial score (nSPS) is 11.9. The fourth-order valence-electron chi connectivity index (χ4n) is 1.97. The molecule has 0 unspecified atom stereocenters. The van der Waals surface area contributed by atoms with Crippen molar-refractivity contribution in [3.8, 4) is 11.1 Å². The summed E-state index contributed by atoms with van der Waals surface area (Å²) in [4.78, 5) is 19.1. The summed E-state index contributed by atoms with van der Waals surface area (Å²) in [7, 11) is 0. The number of H-pyrrole nitrogens is 1. The summed E-state index contributed by atoms with van der Waals surface area (Å²) in [6.45, 7) is 0. The Morgan fingerprint density at radius 2 is 1.77 bits per heavy atom. The Labute approximate surface area is 130 Å². The van der Waals surface area contributed by atoms with Gasteiger partial charge in [0.05, 0.1) is 0 Å². The molecular formula is C16H13N3O2S. The van der Waals surface area contributed by atoms with Crippen LogP contribution in [0, 0.1) is 0 Å². The molecule has 0 saturated heterocycles. The van der Waals surface area contributed by atoms with Crippen molar-refractivity contribution in [1.29, 1.82) is 0 Å². The molecule has 0 fully saturated rings. The van der Waals surface area contributed by atoms with Crippen molar-refractivity contribution in [2.24, 2.45) is 0 Å². The molecule has 110 valence electrons. The van der Waals surface area contributed by atoms with Crippen molar-refractivity contribution >= 4 is 17.0 Å². The van der Waals surface area contributed by atoms with Gasteiger partial charge in [0, 0.05) is 24.2 Å². The lowest BCUT2D eigenvalue weighted by Crippen LogP contribution is -2.20. The number of hydrogen-bond donors (Lipinski definition) is 2. The van der Waals surface area contributed by atoms with E-state index in [1.807, 2.05) is 18.2 Å². The van der Waals surface area contributed by atoms with Gasteiger partial charge in [0.1, 0.15) is 17.0 Å². The number of aromatic amines is 1. The minimum Gasteiger partial charge on any atom is -0.588 e. The molecule has 0 radical (unpaired) electrons. The molecule has 1 atom stereocenters. The van der Waals surface area contributed by atoms with Gasteiger partial charge < -0.3 is 9.54 Å². The largest absolute Gasteiger partial charge is 0.588 e. The van der Waals surface area contributed by atoms with Crippen LogP contribution in [0.5, 0.6) is 0 Å². The number of anilines is 1. The SMILES string of the molecule is O=c1[nH]cc(-c2ccncc2)cc1N[S@@+]([O-])c1ccccc1. The third kappa shape index (κ3) is 3.19. The molecule has 0 amide bonds. The standard InChI is InChI=1S/C16H13N3O2S/c20-16-15(19-22(21)14-4-2-1-3-5-14)10-13(11-18-16)12-6-8-17-9-7-12/h1-11,19H,(H,18,20)/t22-/m0/s1. The second-order valence-corrected chi connectivity index (χ2v) is 5.76. The lowest BCUT2D eigenvalue weighted by atomic mass is 10.1. The molecule has 2 aromatic heterocycles. The maximum Gasteiger partial charge on any atom is 0.275 e. The van der Waals surface area contributed by atoms with Gasteiger partial charge in [0.2, 0.25) is 0 Å². The molecular weight excluding hydrogens is 298 g/mol. The molecule has 0 aliphatic carbocycles. The summed E-state index contributed by atoms with van der Waals surface area (Å²) in [5.41, 5.74) is 1.67. The zero-order valence-electron chi connectivity index (χ0n) is 11.5. The van der Waals surface area contributed by atoms with Crippen molar-refractivity contribution in [3.05, 3.63) is 77.5 Å². The molecule has 2 N–H and O–H groups in total. The lowest BCUT2D eigenvalue weighted by molar-refractivity contribution is 0.600. The quantitative estimate of drug-likeness (QED) is 0.726. The van der Waals surface area contributed by atoms with Crippen LogP contribution in [-0.2, 0) is 11.4 Å². The van der Waals surface area contributed by atoms with Crippen molar-refractivity contribution in [2.75, 3.05) is 4.72 Å². The van der Waals surface area contributed by atoms with Crippen LogP contribution in [0.1, 0.15) is 0 Å². The van der Waals surface area contributed by atoms with Crippen LogP contribution in [0.4, 0.5) is 5.69 Å². The molecule has 3 rings (SSSR count). The van der Waals surface area contributed by atoms with Crippen molar-refractivity contribution in [1.82, 2.24) is 9.97 Å². The summed E-state index contributed by atoms with van der Waals surface area (Å²) in [6.07, 6.45) is 4.97. The first kappa shape index (κ1) is 14.4. The van der Waals surface area contributed by atoms with Gasteiger partial charge in [-0.2, -0.15) is 4.72 Å². The van der Waals surface area contributed by atoms with Gasteiger partial charge in [-0.25, -0.2) is 0 Å². The van der Waals surface area contributed by atoms with Gasteiger partial charge in [-0.3, -0.25) is 9.78 Å². The van der Waals surface area contributed by atoms with E-state index in [1.54, 1.807) is 48.9 Å². The highest BCUT2D eigenvalue weighted by Gasteiger charge is 2.13. The Balaban J connectivity index is 1.89. The molecule has 0 aliphatic rings. The molecule has 1 aromatic carbocycles. The second kappa shape index (κ2) is 6.46. The fraction of sp³-hybridized carbons (Fsp3) is 0. The van der Waals surface area contributed by atoms with Crippen molar-refractivity contribution in [3.63, 3.8) is 0 Å². The summed E-state index contributed by atoms with van der Waals surface area (Å²) in [5.74, 6) is 0. The number of hydrogen-bond acceptors (Lipinski definition) is 4. The van der Waals surface area contributed by atoms with Crippen LogP contribution in [-0.4, -0.2) is 14.5 Å². The average Bonchev–Trinajstić information content (AvgIpc) is 2.58. The van der Waals surface area contributed by atoms with Crippen molar-refractivity contribution < 1.29 is 4.55 Å². The van der Waals surface area contributed by atoms with E-state index in [2.05, 4.69) is 14.7 Å². The third-order valence-corrected chi connectivity index (χ3v) is 4.18. The highest BCUT2D eigenvalue weighted by atomic mass is 32.2. The van der Waals surface area contributed by atoms with Crippen LogP contribution >= 0.6 is 0 Å². The first-order chi connectivity index (χ1) is 10.7. The van der Waals surface area contributed by atoms with Crippen LogP contribution < -0.4 is 10.3 Å². The molecule has 6 heteroatoms. The van der Waals surface area contributed by atoms with E-state index < -0.39 is 11.4 Å². The Hall–Kier alpha value is -2.57. The average molecular weight is 311 g/mol. The maximum absolute atomic E-state index is 12.3. The smallest absolute Gasteiger partial charge is 0.275 e. The Morgan fingerprint density at radius 3 is 2.50 bits per heavy atom. The number of nitrogens with zero attached hydrogens (tertiary/aromatic N) is 1.